The lowest BCUT2D eigenvalue weighted by atomic mass is 10.2. The van der Waals surface area contributed by atoms with Crippen LogP contribution >= 0.6 is 0 Å². The number of aryl methyl sites for hydroxylation is 1. The molecule has 1 saturated heterocycles. The monoisotopic (exact) mass is 373 g/mol. The van der Waals surface area contributed by atoms with Crippen molar-refractivity contribution in [1.29, 1.82) is 0 Å². The zero-order valence-electron chi connectivity index (χ0n) is 16.6. The van der Waals surface area contributed by atoms with Gasteiger partial charge in [-0.15, -0.1) is 0 Å². The van der Waals surface area contributed by atoms with Gasteiger partial charge in [0.05, 0.1) is 0 Å². The number of nitrogens with zero attached hydrogens (tertiary/aromatic N) is 5. The Morgan fingerprint density at radius 3 is 2.18 bits per heavy atom. The Bertz CT molecular complexity index is 889. The van der Waals surface area contributed by atoms with Crippen LogP contribution in [0.25, 0.3) is 0 Å². The lowest BCUT2D eigenvalue weighted by Gasteiger charge is -2.34. The molecule has 2 aromatic carbocycles. The Hall–Kier alpha value is -2.92. The Morgan fingerprint density at radius 1 is 0.857 bits per heavy atom. The number of anilines is 3. The fourth-order valence-corrected chi connectivity index (χ4v) is 3.55. The second-order valence-corrected chi connectivity index (χ2v) is 7.33. The molecule has 144 valence electrons. The normalized spacial score (nSPS) is 14.9. The summed E-state index contributed by atoms with van der Waals surface area (Å²) in [6.45, 7) is 6.86. The minimum Gasteiger partial charge on any atom is -0.354 e. The van der Waals surface area contributed by atoms with Gasteiger partial charge in [0, 0.05) is 44.5 Å². The van der Waals surface area contributed by atoms with Crippen LogP contribution in [0.4, 0.5) is 17.3 Å². The second kappa shape index (κ2) is 8.40. The molecule has 3 aromatic rings. The summed E-state index contributed by atoms with van der Waals surface area (Å²) in [6.07, 6.45) is 0. The van der Waals surface area contributed by atoms with Gasteiger partial charge in [-0.2, -0.15) is 0 Å². The summed E-state index contributed by atoms with van der Waals surface area (Å²) >= 11 is 0. The molecule has 1 aliphatic rings. The first-order valence-electron chi connectivity index (χ1n) is 9.85. The average Bonchev–Trinajstić information content (AvgIpc) is 2.73. The van der Waals surface area contributed by atoms with Crippen molar-refractivity contribution < 1.29 is 0 Å². The maximum absolute atomic E-state index is 4.79. The average molecular weight is 374 g/mol. The van der Waals surface area contributed by atoms with E-state index in [0.29, 0.717) is 0 Å². The molecule has 0 aliphatic carbocycles. The van der Waals surface area contributed by atoms with Crippen LogP contribution in [0.1, 0.15) is 11.4 Å². The van der Waals surface area contributed by atoms with E-state index in [2.05, 4.69) is 82.4 Å². The van der Waals surface area contributed by atoms with Crippen molar-refractivity contribution in [2.75, 3.05) is 43.0 Å². The molecule has 4 rings (SSSR count). The van der Waals surface area contributed by atoms with Crippen molar-refractivity contribution in [3.05, 3.63) is 78.1 Å². The van der Waals surface area contributed by atoms with Crippen LogP contribution in [0.2, 0.25) is 0 Å². The van der Waals surface area contributed by atoms with Gasteiger partial charge in [-0.1, -0.05) is 48.5 Å². The van der Waals surface area contributed by atoms with Gasteiger partial charge in [-0.05, 0) is 31.7 Å². The van der Waals surface area contributed by atoms with Crippen molar-refractivity contribution in [3.8, 4) is 0 Å². The zero-order valence-corrected chi connectivity index (χ0v) is 16.6. The van der Waals surface area contributed by atoms with E-state index in [1.54, 1.807) is 0 Å². The first kappa shape index (κ1) is 18.4. The van der Waals surface area contributed by atoms with E-state index in [-0.39, 0.29) is 0 Å². The van der Waals surface area contributed by atoms with Crippen molar-refractivity contribution >= 4 is 17.3 Å². The molecule has 1 aliphatic heterocycles. The van der Waals surface area contributed by atoms with E-state index < -0.39 is 0 Å². The van der Waals surface area contributed by atoms with Gasteiger partial charge < -0.3 is 14.7 Å². The summed E-state index contributed by atoms with van der Waals surface area (Å²) in [4.78, 5) is 16.5. The number of rotatable bonds is 5. The predicted octanol–water partition coefficient (Wildman–Crippen LogP) is 3.88. The van der Waals surface area contributed by atoms with E-state index in [1.165, 1.54) is 5.56 Å². The predicted molar refractivity (Wildman–Crippen MR) is 115 cm³/mol. The Kier molecular flexibility index (Phi) is 5.53. The molecule has 0 saturated carbocycles. The fourth-order valence-electron chi connectivity index (χ4n) is 3.55. The molecule has 28 heavy (non-hydrogen) atoms. The maximum atomic E-state index is 4.79. The SMILES string of the molecule is Cc1nc(N2CCN(C)CC2)cc(N(Cc2ccccc2)c2ccccc2)n1. The number of piperazine rings is 1. The highest BCUT2D eigenvalue weighted by Gasteiger charge is 2.19. The van der Waals surface area contributed by atoms with Gasteiger partial charge in [-0.3, -0.25) is 0 Å². The van der Waals surface area contributed by atoms with E-state index in [4.69, 9.17) is 9.97 Å². The number of benzene rings is 2. The van der Waals surface area contributed by atoms with E-state index in [1.807, 2.05) is 13.0 Å². The number of hydrogen-bond acceptors (Lipinski definition) is 5. The summed E-state index contributed by atoms with van der Waals surface area (Å²) in [6, 6.07) is 23.1. The minimum absolute atomic E-state index is 0.767. The molecule has 0 bridgehead atoms. The highest BCUT2D eigenvalue weighted by atomic mass is 15.3. The van der Waals surface area contributed by atoms with Crippen LogP contribution in [0.3, 0.4) is 0 Å². The lowest BCUT2D eigenvalue weighted by Crippen LogP contribution is -2.45. The maximum Gasteiger partial charge on any atom is 0.139 e. The van der Waals surface area contributed by atoms with Gasteiger partial charge in [0.15, 0.2) is 0 Å². The molecule has 0 atom stereocenters. The molecule has 1 aromatic heterocycles. The standard InChI is InChI=1S/C23H27N5/c1-19-24-22(27-15-13-26(2)14-16-27)17-23(25-19)28(21-11-7-4-8-12-21)18-20-9-5-3-6-10-20/h3-12,17H,13-16,18H2,1-2H3. The Balaban J connectivity index is 1.69. The third kappa shape index (κ3) is 4.31. The molecule has 1 fully saturated rings. The van der Waals surface area contributed by atoms with Crippen LogP contribution in [-0.4, -0.2) is 48.1 Å². The second-order valence-electron chi connectivity index (χ2n) is 7.33. The largest absolute Gasteiger partial charge is 0.354 e. The summed E-state index contributed by atoms with van der Waals surface area (Å²) in [5.41, 5.74) is 2.39. The third-order valence-electron chi connectivity index (χ3n) is 5.17. The highest BCUT2D eigenvalue weighted by Crippen LogP contribution is 2.28. The fraction of sp³-hybridized carbons (Fsp3) is 0.304. The van der Waals surface area contributed by atoms with E-state index in [0.717, 1.165) is 55.9 Å². The Labute approximate surface area is 167 Å². The molecule has 5 heteroatoms. The van der Waals surface area contributed by atoms with E-state index >= 15 is 0 Å². The number of aromatic nitrogens is 2. The van der Waals surface area contributed by atoms with Crippen molar-refractivity contribution in [2.45, 2.75) is 13.5 Å². The first-order chi connectivity index (χ1) is 13.7. The number of para-hydroxylation sites is 1. The molecule has 0 N–H and O–H groups in total. The number of likely N-dealkylation sites (N-methyl/N-ethyl adjacent to an activating group) is 1. The van der Waals surface area contributed by atoms with Gasteiger partial charge in [-0.25, -0.2) is 9.97 Å². The molecular weight excluding hydrogens is 346 g/mol. The van der Waals surface area contributed by atoms with Gasteiger partial charge >= 0.3 is 0 Å². The summed E-state index contributed by atoms with van der Waals surface area (Å²) in [5, 5.41) is 0. The molecular formula is C23H27N5. The quantitative estimate of drug-likeness (QED) is 0.678. The summed E-state index contributed by atoms with van der Waals surface area (Å²) in [7, 11) is 2.17. The summed E-state index contributed by atoms with van der Waals surface area (Å²) < 4.78 is 0. The third-order valence-corrected chi connectivity index (χ3v) is 5.17. The van der Waals surface area contributed by atoms with Gasteiger partial charge in [0.25, 0.3) is 0 Å². The van der Waals surface area contributed by atoms with E-state index in [9.17, 15) is 0 Å². The zero-order chi connectivity index (χ0) is 19.3. The minimum atomic E-state index is 0.767. The molecule has 0 radical (unpaired) electrons. The van der Waals surface area contributed by atoms with Crippen LogP contribution in [0, 0.1) is 6.92 Å². The van der Waals surface area contributed by atoms with Crippen molar-refractivity contribution in [2.24, 2.45) is 0 Å². The van der Waals surface area contributed by atoms with Gasteiger partial charge in [0.2, 0.25) is 0 Å². The van der Waals surface area contributed by atoms with Crippen LogP contribution < -0.4 is 9.80 Å². The summed E-state index contributed by atoms with van der Waals surface area (Å²) in [5.74, 6) is 2.77. The number of hydrogen-bond donors (Lipinski definition) is 0. The lowest BCUT2D eigenvalue weighted by molar-refractivity contribution is 0.312. The van der Waals surface area contributed by atoms with Crippen molar-refractivity contribution in [1.82, 2.24) is 14.9 Å². The highest BCUT2D eigenvalue weighted by molar-refractivity contribution is 5.63. The smallest absolute Gasteiger partial charge is 0.139 e. The molecule has 0 amide bonds. The van der Waals surface area contributed by atoms with Crippen LogP contribution in [-0.2, 0) is 6.54 Å². The van der Waals surface area contributed by atoms with Crippen LogP contribution in [0.15, 0.2) is 66.7 Å². The molecule has 0 spiro atoms. The molecule has 0 unspecified atom stereocenters. The van der Waals surface area contributed by atoms with Gasteiger partial charge in [0.1, 0.15) is 17.5 Å². The van der Waals surface area contributed by atoms with Crippen LogP contribution in [0.5, 0.6) is 0 Å². The first-order valence-corrected chi connectivity index (χ1v) is 9.85. The molecule has 2 heterocycles. The topological polar surface area (TPSA) is 35.5 Å². The van der Waals surface area contributed by atoms with Crippen molar-refractivity contribution in [3.63, 3.8) is 0 Å². The Morgan fingerprint density at radius 2 is 1.50 bits per heavy atom. The molecule has 5 nitrogen and oxygen atoms in total.